The van der Waals surface area contributed by atoms with Gasteiger partial charge in [0.2, 0.25) is 5.88 Å². The standard InChI is InChI=1S/C17H21ClN4O3/c18-12-5-6-13-20-16(24)14(17(25)22(13)11-12)15(23)19-7-4-10-21-8-2-1-3-9-21/h5-6,11,24H,1-4,7-10H2,(H,19,23). The summed E-state index contributed by atoms with van der Waals surface area (Å²) in [4.78, 5) is 31.0. The van der Waals surface area contributed by atoms with Crippen molar-refractivity contribution in [1.29, 1.82) is 0 Å². The third kappa shape index (κ3) is 4.11. The summed E-state index contributed by atoms with van der Waals surface area (Å²) in [5, 5.41) is 13.0. The molecule has 0 unspecified atom stereocenters. The Morgan fingerprint density at radius 2 is 2.04 bits per heavy atom. The van der Waals surface area contributed by atoms with Gasteiger partial charge in [0.1, 0.15) is 5.65 Å². The number of nitrogens with one attached hydrogen (secondary N) is 1. The molecule has 0 atom stereocenters. The molecule has 3 rings (SSSR count). The van der Waals surface area contributed by atoms with E-state index in [1.54, 1.807) is 6.07 Å². The molecule has 0 radical (unpaired) electrons. The first-order valence-corrected chi connectivity index (χ1v) is 8.85. The van der Waals surface area contributed by atoms with Crippen LogP contribution in [-0.2, 0) is 0 Å². The van der Waals surface area contributed by atoms with Gasteiger partial charge in [0.25, 0.3) is 11.5 Å². The molecule has 1 fully saturated rings. The van der Waals surface area contributed by atoms with E-state index in [9.17, 15) is 14.7 Å². The number of fused-ring (bicyclic) bond motifs is 1. The molecule has 2 N–H and O–H groups in total. The minimum Gasteiger partial charge on any atom is -0.493 e. The number of pyridine rings is 1. The molecule has 2 aromatic rings. The van der Waals surface area contributed by atoms with Gasteiger partial charge in [-0.3, -0.25) is 14.0 Å². The van der Waals surface area contributed by atoms with Crippen LogP contribution in [0.15, 0.2) is 23.1 Å². The van der Waals surface area contributed by atoms with Crippen LogP contribution in [0.3, 0.4) is 0 Å². The third-order valence-corrected chi connectivity index (χ3v) is 4.60. The van der Waals surface area contributed by atoms with Crippen LogP contribution in [0, 0.1) is 0 Å². The predicted octanol–water partition coefficient (Wildman–Crippen LogP) is 1.66. The van der Waals surface area contributed by atoms with Crippen LogP contribution >= 0.6 is 11.6 Å². The van der Waals surface area contributed by atoms with E-state index in [2.05, 4.69) is 15.2 Å². The van der Waals surface area contributed by atoms with Crippen molar-refractivity contribution in [3.05, 3.63) is 39.3 Å². The first-order chi connectivity index (χ1) is 12.1. The highest BCUT2D eigenvalue weighted by Gasteiger charge is 2.19. The van der Waals surface area contributed by atoms with Crippen LogP contribution in [0.1, 0.15) is 36.0 Å². The van der Waals surface area contributed by atoms with Gasteiger partial charge < -0.3 is 15.3 Å². The Hall–Kier alpha value is -2.12. The molecule has 1 amide bonds. The molecule has 1 saturated heterocycles. The van der Waals surface area contributed by atoms with E-state index in [0.717, 1.165) is 30.5 Å². The molecule has 134 valence electrons. The Labute approximate surface area is 150 Å². The summed E-state index contributed by atoms with van der Waals surface area (Å²) in [5.41, 5.74) is -0.773. The van der Waals surface area contributed by atoms with Crippen molar-refractivity contribution in [3.8, 4) is 5.88 Å². The second kappa shape index (κ2) is 7.84. The molecule has 1 aliphatic rings. The number of rotatable bonds is 5. The molecule has 2 aromatic heterocycles. The van der Waals surface area contributed by atoms with Gasteiger partial charge in [-0.15, -0.1) is 0 Å². The zero-order valence-electron chi connectivity index (χ0n) is 13.9. The molecule has 0 spiro atoms. The van der Waals surface area contributed by atoms with E-state index in [-0.39, 0.29) is 11.2 Å². The Bertz CT molecular complexity index is 830. The number of aromatic hydroxyl groups is 1. The highest BCUT2D eigenvalue weighted by atomic mass is 35.5. The molecule has 8 heteroatoms. The van der Waals surface area contributed by atoms with E-state index in [0.29, 0.717) is 11.6 Å². The van der Waals surface area contributed by atoms with E-state index in [1.165, 1.54) is 31.5 Å². The lowest BCUT2D eigenvalue weighted by atomic mass is 10.1. The molecule has 1 aliphatic heterocycles. The van der Waals surface area contributed by atoms with Gasteiger partial charge in [-0.05, 0) is 51.0 Å². The van der Waals surface area contributed by atoms with Crippen molar-refractivity contribution in [2.24, 2.45) is 0 Å². The fourth-order valence-electron chi connectivity index (χ4n) is 3.08. The van der Waals surface area contributed by atoms with Crippen LogP contribution in [-0.4, -0.2) is 51.5 Å². The number of piperidine rings is 1. The number of likely N-dealkylation sites (tertiary alicyclic amines) is 1. The predicted molar refractivity (Wildman–Crippen MR) is 95.4 cm³/mol. The first-order valence-electron chi connectivity index (χ1n) is 8.48. The maximum atomic E-state index is 12.5. The second-order valence-corrected chi connectivity index (χ2v) is 6.64. The molecule has 0 saturated carbocycles. The summed E-state index contributed by atoms with van der Waals surface area (Å²) in [7, 11) is 0. The summed E-state index contributed by atoms with van der Waals surface area (Å²) in [6, 6.07) is 3.06. The Morgan fingerprint density at radius 3 is 2.80 bits per heavy atom. The van der Waals surface area contributed by atoms with Gasteiger partial charge >= 0.3 is 0 Å². The van der Waals surface area contributed by atoms with E-state index < -0.39 is 17.3 Å². The minimum atomic E-state index is -0.640. The average molecular weight is 365 g/mol. The summed E-state index contributed by atoms with van der Waals surface area (Å²) in [6.45, 7) is 3.56. The second-order valence-electron chi connectivity index (χ2n) is 6.20. The van der Waals surface area contributed by atoms with E-state index >= 15 is 0 Å². The topological polar surface area (TPSA) is 86.9 Å². The first kappa shape index (κ1) is 17.7. The lowest BCUT2D eigenvalue weighted by Gasteiger charge is -2.26. The molecule has 25 heavy (non-hydrogen) atoms. The third-order valence-electron chi connectivity index (χ3n) is 4.38. The minimum absolute atomic E-state index is 0.230. The molecule has 0 aliphatic carbocycles. The fourth-order valence-corrected chi connectivity index (χ4v) is 3.24. The van der Waals surface area contributed by atoms with Crippen molar-refractivity contribution >= 4 is 23.2 Å². The van der Waals surface area contributed by atoms with E-state index in [1.807, 2.05) is 0 Å². The van der Waals surface area contributed by atoms with Gasteiger partial charge in [0.05, 0.1) is 5.02 Å². The van der Waals surface area contributed by atoms with Gasteiger partial charge in [0, 0.05) is 12.7 Å². The summed E-state index contributed by atoms with van der Waals surface area (Å²) >= 11 is 5.88. The van der Waals surface area contributed by atoms with Gasteiger partial charge in [-0.1, -0.05) is 18.0 Å². The van der Waals surface area contributed by atoms with Crippen LogP contribution in [0.4, 0.5) is 0 Å². The molecule has 0 aromatic carbocycles. The van der Waals surface area contributed by atoms with E-state index in [4.69, 9.17) is 11.6 Å². The molecule has 0 bridgehead atoms. The fraction of sp³-hybridized carbons (Fsp3) is 0.471. The normalized spacial score (nSPS) is 15.4. The highest BCUT2D eigenvalue weighted by Crippen LogP contribution is 2.14. The van der Waals surface area contributed by atoms with Crippen molar-refractivity contribution in [2.75, 3.05) is 26.2 Å². The molecular weight excluding hydrogens is 344 g/mol. The maximum Gasteiger partial charge on any atom is 0.274 e. The molecule has 7 nitrogen and oxygen atoms in total. The number of carbonyl (C=O) groups is 1. The number of hydrogen-bond donors (Lipinski definition) is 2. The van der Waals surface area contributed by atoms with Crippen molar-refractivity contribution < 1.29 is 9.90 Å². The maximum absolute atomic E-state index is 12.5. The number of halogens is 1. The van der Waals surface area contributed by atoms with Crippen LogP contribution in [0.5, 0.6) is 5.88 Å². The Morgan fingerprint density at radius 1 is 1.28 bits per heavy atom. The number of aromatic nitrogens is 2. The highest BCUT2D eigenvalue weighted by molar-refractivity contribution is 6.30. The number of amides is 1. The van der Waals surface area contributed by atoms with Crippen LogP contribution in [0.25, 0.3) is 5.65 Å². The van der Waals surface area contributed by atoms with Crippen LogP contribution < -0.4 is 10.9 Å². The summed E-state index contributed by atoms with van der Waals surface area (Å²) in [6.07, 6.45) is 5.90. The zero-order chi connectivity index (χ0) is 17.8. The number of nitrogens with zero attached hydrogens (tertiary/aromatic N) is 3. The summed E-state index contributed by atoms with van der Waals surface area (Å²) < 4.78 is 1.16. The monoisotopic (exact) mass is 364 g/mol. The Kier molecular flexibility index (Phi) is 5.55. The van der Waals surface area contributed by atoms with Gasteiger partial charge in [-0.25, -0.2) is 0 Å². The number of carbonyl (C=O) groups excluding carboxylic acids is 1. The van der Waals surface area contributed by atoms with Crippen LogP contribution in [0.2, 0.25) is 5.02 Å². The largest absolute Gasteiger partial charge is 0.493 e. The zero-order valence-corrected chi connectivity index (χ0v) is 14.6. The SMILES string of the molecule is O=C(NCCCN1CCCCC1)c1c(O)nc2ccc(Cl)cn2c1=O. The lowest BCUT2D eigenvalue weighted by molar-refractivity contribution is 0.0946. The lowest BCUT2D eigenvalue weighted by Crippen LogP contribution is -2.35. The van der Waals surface area contributed by atoms with Crippen molar-refractivity contribution in [3.63, 3.8) is 0 Å². The summed E-state index contributed by atoms with van der Waals surface area (Å²) in [5.74, 6) is -1.19. The van der Waals surface area contributed by atoms with Gasteiger partial charge in [-0.2, -0.15) is 4.98 Å². The molecular formula is C17H21ClN4O3. The van der Waals surface area contributed by atoms with Crippen molar-refractivity contribution in [1.82, 2.24) is 19.6 Å². The van der Waals surface area contributed by atoms with Gasteiger partial charge in [0.15, 0.2) is 5.56 Å². The number of hydrogen-bond acceptors (Lipinski definition) is 5. The Balaban J connectivity index is 1.66. The molecule has 3 heterocycles. The quantitative estimate of drug-likeness (QED) is 0.788. The average Bonchev–Trinajstić information content (AvgIpc) is 2.60. The smallest absolute Gasteiger partial charge is 0.274 e. The van der Waals surface area contributed by atoms with Crippen molar-refractivity contribution in [2.45, 2.75) is 25.7 Å².